The molecule has 1 N–H and O–H groups in total. The second-order valence-corrected chi connectivity index (χ2v) is 3.58. The van der Waals surface area contributed by atoms with Crippen LogP contribution in [-0.4, -0.2) is 7.05 Å². The Bertz CT molecular complexity index is 291. The molecule has 0 unspecified atom stereocenters. The van der Waals surface area contributed by atoms with E-state index in [0.717, 1.165) is 0 Å². The van der Waals surface area contributed by atoms with Crippen LogP contribution in [0.4, 0.5) is 0 Å². The highest BCUT2D eigenvalue weighted by atomic mass is 14.9. The largest absolute Gasteiger partial charge is 0.313 e. The molecule has 1 aromatic rings. The Hall–Kier alpha value is -0.820. The summed E-state index contributed by atoms with van der Waals surface area (Å²) in [5.41, 5.74) is 4.41. The number of nitrogens with one attached hydrogen (secondary N) is 1. The number of aryl methyl sites for hydroxylation is 2. The summed E-state index contributed by atoms with van der Waals surface area (Å²) in [5.74, 6) is 0. The zero-order valence-corrected chi connectivity index (χ0v) is 7.72. The van der Waals surface area contributed by atoms with E-state index < -0.39 is 0 Å². The third kappa shape index (κ3) is 1.14. The predicted molar refractivity (Wildman–Crippen MR) is 51.3 cm³/mol. The highest BCUT2D eigenvalue weighted by Crippen LogP contribution is 2.31. The molecule has 0 fully saturated rings. The van der Waals surface area contributed by atoms with E-state index >= 15 is 0 Å². The van der Waals surface area contributed by atoms with Crippen LogP contribution in [0.3, 0.4) is 0 Å². The topological polar surface area (TPSA) is 12.0 Å². The van der Waals surface area contributed by atoms with Crippen molar-refractivity contribution in [1.82, 2.24) is 5.32 Å². The van der Waals surface area contributed by atoms with Crippen LogP contribution in [0.1, 0.15) is 29.2 Å². The molecule has 1 aromatic carbocycles. The molecule has 0 aliphatic heterocycles. The van der Waals surface area contributed by atoms with Gasteiger partial charge < -0.3 is 5.32 Å². The van der Waals surface area contributed by atoms with Gasteiger partial charge in [-0.1, -0.05) is 23.8 Å². The Balaban J connectivity index is 2.42. The lowest BCUT2D eigenvalue weighted by Gasteiger charge is -2.09. The molecule has 12 heavy (non-hydrogen) atoms. The molecule has 0 saturated carbocycles. The Labute approximate surface area is 73.8 Å². The molecule has 0 aromatic heterocycles. The van der Waals surface area contributed by atoms with Gasteiger partial charge in [0.05, 0.1) is 0 Å². The first-order valence-corrected chi connectivity index (χ1v) is 4.58. The van der Waals surface area contributed by atoms with E-state index in [1.54, 1.807) is 0 Å². The van der Waals surface area contributed by atoms with Crippen molar-refractivity contribution < 1.29 is 0 Å². The van der Waals surface area contributed by atoms with E-state index in [4.69, 9.17) is 0 Å². The molecule has 1 aliphatic carbocycles. The van der Waals surface area contributed by atoms with Gasteiger partial charge in [-0.05, 0) is 37.9 Å². The Morgan fingerprint density at radius 1 is 1.42 bits per heavy atom. The Morgan fingerprint density at radius 3 is 3.00 bits per heavy atom. The fraction of sp³-hybridized carbons (Fsp3) is 0.455. The van der Waals surface area contributed by atoms with Crippen molar-refractivity contribution in [2.75, 3.05) is 7.05 Å². The van der Waals surface area contributed by atoms with Crippen LogP contribution in [0.25, 0.3) is 0 Å². The van der Waals surface area contributed by atoms with E-state index in [-0.39, 0.29) is 0 Å². The van der Waals surface area contributed by atoms with Crippen LogP contribution in [0.2, 0.25) is 0 Å². The summed E-state index contributed by atoms with van der Waals surface area (Å²) in [6.07, 6.45) is 2.50. The molecular weight excluding hydrogens is 146 g/mol. The summed E-state index contributed by atoms with van der Waals surface area (Å²) in [7, 11) is 2.04. The van der Waals surface area contributed by atoms with Crippen molar-refractivity contribution in [1.29, 1.82) is 0 Å². The van der Waals surface area contributed by atoms with E-state index in [0.29, 0.717) is 6.04 Å². The van der Waals surface area contributed by atoms with Crippen molar-refractivity contribution in [2.24, 2.45) is 0 Å². The maximum atomic E-state index is 3.35. The molecular formula is C11H15N. The highest BCUT2D eigenvalue weighted by Gasteiger charge is 2.19. The first kappa shape index (κ1) is 7.81. The minimum Gasteiger partial charge on any atom is -0.313 e. The van der Waals surface area contributed by atoms with Gasteiger partial charge in [0.1, 0.15) is 0 Å². The summed E-state index contributed by atoms with van der Waals surface area (Å²) in [5, 5.41) is 3.35. The van der Waals surface area contributed by atoms with Gasteiger partial charge in [-0.25, -0.2) is 0 Å². The zero-order chi connectivity index (χ0) is 8.55. The summed E-state index contributed by atoms with van der Waals surface area (Å²) in [6, 6.07) is 7.38. The second-order valence-electron chi connectivity index (χ2n) is 3.58. The van der Waals surface area contributed by atoms with Gasteiger partial charge in [-0.2, -0.15) is 0 Å². The van der Waals surface area contributed by atoms with Gasteiger partial charge in [0.15, 0.2) is 0 Å². The van der Waals surface area contributed by atoms with E-state index in [1.165, 1.54) is 29.5 Å². The molecule has 0 saturated heterocycles. The summed E-state index contributed by atoms with van der Waals surface area (Å²) < 4.78 is 0. The van der Waals surface area contributed by atoms with Crippen molar-refractivity contribution in [3.05, 3.63) is 34.9 Å². The lowest BCUT2D eigenvalue weighted by Crippen LogP contribution is -2.12. The molecule has 1 atom stereocenters. The molecule has 64 valence electrons. The fourth-order valence-corrected chi connectivity index (χ4v) is 2.02. The standard InChI is InChI=1S/C11H15N/c1-8-3-4-9-5-6-11(12-2)10(9)7-8/h3-4,7,11-12H,5-6H2,1-2H3/t11-/m1/s1. The van der Waals surface area contributed by atoms with Crippen LogP contribution >= 0.6 is 0 Å². The second kappa shape index (κ2) is 2.91. The van der Waals surface area contributed by atoms with E-state index in [2.05, 4.69) is 30.4 Å². The highest BCUT2D eigenvalue weighted by molar-refractivity contribution is 5.37. The van der Waals surface area contributed by atoms with Crippen LogP contribution in [-0.2, 0) is 6.42 Å². The zero-order valence-electron chi connectivity index (χ0n) is 7.72. The maximum Gasteiger partial charge on any atom is 0.0323 e. The molecule has 1 nitrogen and oxygen atoms in total. The molecule has 0 radical (unpaired) electrons. The van der Waals surface area contributed by atoms with Crippen molar-refractivity contribution in [3.8, 4) is 0 Å². The molecule has 2 rings (SSSR count). The van der Waals surface area contributed by atoms with Crippen LogP contribution < -0.4 is 5.32 Å². The van der Waals surface area contributed by atoms with E-state index in [1.807, 2.05) is 7.05 Å². The van der Waals surface area contributed by atoms with Crippen molar-refractivity contribution in [3.63, 3.8) is 0 Å². The number of fused-ring (bicyclic) bond motifs is 1. The molecule has 1 aliphatic rings. The van der Waals surface area contributed by atoms with Crippen molar-refractivity contribution in [2.45, 2.75) is 25.8 Å². The van der Waals surface area contributed by atoms with Gasteiger partial charge in [-0.15, -0.1) is 0 Å². The first-order valence-electron chi connectivity index (χ1n) is 4.58. The molecule has 0 bridgehead atoms. The SMILES string of the molecule is CN[C@@H]1CCc2ccc(C)cc21. The van der Waals surface area contributed by atoms with Gasteiger partial charge in [0.25, 0.3) is 0 Å². The summed E-state index contributed by atoms with van der Waals surface area (Å²) in [6.45, 7) is 2.16. The monoisotopic (exact) mass is 161 g/mol. The molecule has 0 heterocycles. The van der Waals surface area contributed by atoms with Gasteiger partial charge in [-0.3, -0.25) is 0 Å². The normalized spacial score (nSPS) is 21.0. The minimum absolute atomic E-state index is 0.597. The van der Waals surface area contributed by atoms with Gasteiger partial charge in [0.2, 0.25) is 0 Å². The van der Waals surface area contributed by atoms with Gasteiger partial charge >= 0.3 is 0 Å². The van der Waals surface area contributed by atoms with Crippen molar-refractivity contribution >= 4 is 0 Å². The number of benzene rings is 1. The Kier molecular flexibility index (Phi) is 1.89. The molecule has 1 heteroatoms. The lowest BCUT2D eigenvalue weighted by molar-refractivity contribution is 0.590. The minimum atomic E-state index is 0.597. The third-order valence-electron chi connectivity index (χ3n) is 2.73. The third-order valence-corrected chi connectivity index (χ3v) is 2.73. The molecule has 0 spiro atoms. The van der Waals surface area contributed by atoms with Gasteiger partial charge in [0, 0.05) is 6.04 Å². The number of hydrogen-bond acceptors (Lipinski definition) is 1. The fourth-order valence-electron chi connectivity index (χ4n) is 2.02. The average Bonchev–Trinajstić information content (AvgIpc) is 2.46. The number of hydrogen-bond donors (Lipinski definition) is 1. The summed E-state index contributed by atoms with van der Waals surface area (Å²) >= 11 is 0. The number of rotatable bonds is 1. The van der Waals surface area contributed by atoms with Crippen LogP contribution in [0, 0.1) is 6.92 Å². The smallest absolute Gasteiger partial charge is 0.0323 e. The van der Waals surface area contributed by atoms with E-state index in [9.17, 15) is 0 Å². The Morgan fingerprint density at radius 2 is 2.25 bits per heavy atom. The average molecular weight is 161 g/mol. The lowest BCUT2D eigenvalue weighted by atomic mass is 10.1. The van der Waals surface area contributed by atoms with Crippen LogP contribution in [0.15, 0.2) is 18.2 Å². The predicted octanol–water partition coefficient (Wildman–Crippen LogP) is 2.20. The first-order chi connectivity index (χ1) is 5.81. The van der Waals surface area contributed by atoms with Crippen LogP contribution in [0.5, 0.6) is 0 Å². The molecule has 0 amide bonds. The summed E-state index contributed by atoms with van der Waals surface area (Å²) in [4.78, 5) is 0. The maximum absolute atomic E-state index is 3.35. The quantitative estimate of drug-likeness (QED) is 0.666.